The van der Waals surface area contributed by atoms with Crippen LogP contribution in [0.3, 0.4) is 0 Å². The average molecular weight is 701 g/mol. The molecule has 0 saturated carbocycles. The van der Waals surface area contributed by atoms with Gasteiger partial charge in [-0.2, -0.15) is 17.2 Å². The van der Waals surface area contributed by atoms with E-state index in [9.17, 15) is 9.90 Å². The van der Waals surface area contributed by atoms with E-state index in [4.69, 9.17) is 4.74 Å². The van der Waals surface area contributed by atoms with Crippen molar-refractivity contribution in [1.29, 1.82) is 0 Å². The number of carbonyl (C=O) groups is 1. The fourth-order valence-corrected chi connectivity index (χ4v) is 4.29. The summed E-state index contributed by atoms with van der Waals surface area (Å²) in [5.41, 5.74) is 1.56. The van der Waals surface area contributed by atoms with Crippen LogP contribution in [0.1, 0.15) is 90.2 Å². The number of carbonyl (C=O) groups excluding carboxylic acids is 1. The Morgan fingerprint density at radius 2 is 1.73 bits per heavy atom. The number of aromatic nitrogens is 1. The van der Waals surface area contributed by atoms with Crippen molar-refractivity contribution < 1.29 is 34.7 Å². The van der Waals surface area contributed by atoms with Gasteiger partial charge in [-0.1, -0.05) is 69.2 Å². The first-order valence-electron chi connectivity index (χ1n) is 12.7. The van der Waals surface area contributed by atoms with Crippen LogP contribution in [0.4, 0.5) is 0 Å². The molecule has 1 radical (unpaired) electrons. The van der Waals surface area contributed by atoms with Crippen molar-refractivity contribution in [2.24, 2.45) is 10.8 Å². The summed E-state index contributed by atoms with van der Waals surface area (Å²) in [6.45, 7) is 20.1. The molecule has 4 nitrogen and oxygen atoms in total. The number of aliphatic hydroxyl groups excluding tert-OH is 1. The van der Waals surface area contributed by atoms with Crippen LogP contribution in [0.5, 0.6) is 11.6 Å². The predicted molar refractivity (Wildman–Crippen MR) is 152 cm³/mol. The number of benzene rings is 1. The number of ketones is 1. The first-order valence-corrected chi connectivity index (χ1v) is 13.5. The summed E-state index contributed by atoms with van der Waals surface area (Å²) in [4.78, 5) is 17.6. The third-order valence-corrected chi connectivity index (χ3v) is 8.15. The topological polar surface area (TPSA) is 59.4 Å². The van der Waals surface area contributed by atoms with Gasteiger partial charge in [0, 0.05) is 53.8 Å². The van der Waals surface area contributed by atoms with Crippen LogP contribution < -0.4 is 4.74 Å². The second-order valence-corrected chi connectivity index (χ2v) is 12.1. The molecule has 3 rings (SSSR count). The van der Waals surface area contributed by atoms with E-state index >= 15 is 0 Å². The Morgan fingerprint density at radius 3 is 2.27 bits per heavy atom. The SMILES string of the molecule is CCC(C)(C)C(=O)/C=C(\O)C(C)(C)CC.Cc1[c-]c(Oc2nccc3cc(C(C)C)sc23)cc(C)c1.[Ir]. The molecule has 0 atom stereocenters. The molecule has 1 aromatic carbocycles. The average Bonchev–Trinajstić information content (AvgIpc) is 3.24. The minimum atomic E-state index is -0.377. The quantitative estimate of drug-likeness (QED) is 0.145. The Hall–Kier alpha value is -2.01. The zero-order valence-corrected chi connectivity index (χ0v) is 27.1. The van der Waals surface area contributed by atoms with Gasteiger partial charge in [0.1, 0.15) is 5.76 Å². The molecule has 0 unspecified atom stereocenters. The molecule has 6 heteroatoms. The van der Waals surface area contributed by atoms with Gasteiger partial charge in [-0.15, -0.1) is 23.5 Å². The number of aryl methyl sites for hydroxylation is 2. The van der Waals surface area contributed by atoms with Gasteiger partial charge in [0.2, 0.25) is 5.88 Å². The summed E-state index contributed by atoms with van der Waals surface area (Å²) < 4.78 is 7.10. The van der Waals surface area contributed by atoms with Crippen molar-refractivity contribution in [3.05, 3.63) is 64.4 Å². The van der Waals surface area contributed by atoms with Crippen LogP contribution in [-0.4, -0.2) is 15.9 Å². The zero-order chi connectivity index (χ0) is 27.3. The standard InChI is InChI=1S/C18H18NOS.C13H24O2.Ir/c1-11(2)16-10-14-5-6-19-18(17(14)21-16)20-15-8-12(3)7-13(4)9-15;1-7-12(3,4)10(14)9-11(15)13(5,6)8-2;/h5-8,10-11H,1-4H3;9,14H,7-8H2,1-6H3;/q-1;;/b;10-9-;. The smallest absolute Gasteiger partial charge is 0.235 e. The van der Waals surface area contributed by atoms with Crippen molar-refractivity contribution in [1.82, 2.24) is 4.98 Å². The predicted octanol–water partition coefficient (Wildman–Crippen LogP) is 9.50. The van der Waals surface area contributed by atoms with Gasteiger partial charge in [-0.05, 0) is 36.3 Å². The number of fused-ring (bicyclic) bond motifs is 1. The number of allylic oxidation sites excluding steroid dienone is 2. The van der Waals surface area contributed by atoms with Gasteiger partial charge in [-0.3, -0.25) is 4.79 Å². The van der Waals surface area contributed by atoms with E-state index in [0.717, 1.165) is 28.9 Å². The fourth-order valence-electron chi connectivity index (χ4n) is 3.20. The molecule has 37 heavy (non-hydrogen) atoms. The Morgan fingerprint density at radius 1 is 1.11 bits per heavy atom. The minimum Gasteiger partial charge on any atom is -0.512 e. The van der Waals surface area contributed by atoms with E-state index in [1.165, 1.54) is 21.9 Å². The Bertz CT molecular complexity index is 1200. The summed E-state index contributed by atoms with van der Waals surface area (Å²) in [6, 6.07) is 11.6. The molecule has 0 saturated heterocycles. The van der Waals surface area contributed by atoms with E-state index in [1.807, 2.05) is 60.6 Å². The monoisotopic (exact) mass is 701 g/mol. The van der Waals surface area contributed by atoms with Gasteiger partial charge in [0.25, 0.3) is 0 Å². The van der Waals surface area contributed by atoms with Crippen LogP contribution in [0, 0.1) is 30.7 Å². The first kappa shape index (κ1) is 33.0. The molecule has 0 aliphatic rings. The Kier molecular flexibility index (Phi) is 12.2. The maximum atomic E-state index is 11.8. The number of hydrogen-bond donors (Lipinski definition) is 1. The largest absolute Gasteiger partial charge is 0.512 e. The molecule has 2 aromatic heterocycles. The molecular formula is C31H42IrNO3S-. The van der Waals surface area contributed by atoms with Gasteiger partial charge >= 0.3 is 0 Å². The van der Waals surface area contributed by atoms with Crippen LogP contribution >= 0.6 is 11.3 Å². The van der Waals surface area contributed by atoms with E-state index in [-0.39, 0.29) is 42.5 Å². The van der Waals surface area contributed by atoms with Crippen molar-refractivity contribution >= 4 is 27.2 Å². The summed E-state index contributed by atoms with van der Waals surface area (Å²) in [6.07, 6.45) is 4.79. The first-order chi connectivity index (χ1) is 16.7. The van der Waals surface area contributed by atoms with Crippen molar-refractivity contribution in [2.75, 3.05) is 0 Å². The number of pyridine rings is 1. The number of nitrogens with zero attached hydrogens (tertiary/aromatic N) is 1. The normalized spacial score (nSPS) is 12.1. The summed E-state index contributed by atoms with van der Waals surface area (Å²) in [7, 11) is 0. The minimum absolute atomic E-state index is 0. The van der Waals surface area contributed by atoms with E-state index in [0.29, 0.717) is 11.8 Å². The van der Waals surface area contributed by atoms with Crippen LogP contribution in [0.15, 0.2) is 42.3 Å². The number of ether oxygens (including phenoxy) is 1. The molecule has 0 fully saturated rings. The van der Waals surface area contributed by atoms with E-state index in [2.05, 4.69) is 44.0 Å². The molecule has 0 bridgehead atoms. The van der Waals surface area contributed by atoms with Gasteiger partial charge < -0.3 is 9.84 Å². The Labute approximate surface area is 240 Å². The molecule has 2 heterocycles. The molecule has 0 amide bonds. The molecular weight excluding hydrogens is 659 g/mol. The van der Waals surface area contributed by atoms with Crippen molar-refractivity contribution in [3.63, 3.8) is 0 Å². The number of hydrogen-bond acceptors (Lipinski definition) is 5. The molecule has 0 aliphatic carbocycles. The zero-order valence-electron chi connectivity index (χ0n) is 23.9. The van der Waals surface area contributed by atoms with Gasteiger partial charge in [-0.25, -0.2) is 4.98 Å². The third kappa shape index (κ3) is 9.05. The van der Waals surface area contributed by atoms with Crippen LogP contribution in [0.25, 0.3) is 10.1 Å². The van der Waals surface area contributed by atoms with Crippen molar-refractivity contribution in [3.8, 4) is 11.6 Å². The summed E-state index contributed by atoms with van der Waals surface area (Å²) >= 11 is 1.76. The number of aliphatic hydroxyl groups is 1. The fraction of sp³-hybridized carbons (Fsp3) is 0.484. The molecule has 1 N–H and O–H groups in total. The summed E-state index contributed by atoms with van der Waals surface area (Å²) in [5.74, 6) is 2.11. The second-order valence-electron chi connectivity index (χ2n) is 11.0. The maximum Gasteiger partial charge on any atom is 0.235 e. The molecule has 0 spiro atoms. The second kappa shape index (κ2) is 13.7. The van der Waals surface area contributed by atoms with Crippen LogP contribution in [-0.2, 0) is 24.9 Å². The van der Waals surface area contributed by atoms with E-state index < -0.39 is 0 Å². The van der Waals surface area contributed by atoms with Gasteiger partial charge in [0.05, 0.1) is 4.70 Å². The molecule has 205 valence electrons. The number of rotatable bonds is 8. The van der Waals surface area contributed by atoms with Gasteiger partial charge in [0.15, 0.2) is 5.78 Å². The van der Waals surface area contributed by atoms with Crippen LogP contribution in [0.2, 0.25) is 0 Å². The maximum absolute atomic E-state index is 11.8. The van der Waals surface area contributed by atoms with E-state index in [1.54, 1.807) is 17.5 Å². The third-order valence-electron chi connectivity index (χ3n) is 6.71. The number of thiophene rings is 1. The molecule has 0 aliphatic heterocycles. The van der Waals surface area contributed by atoms with Crippen molar-refractivity contribution in [2.45, 2.75) is 88.0 Å². The summed E-state index contributed by atoms with van der Waals surface area (Å²) in [5, 5.41) is 11.0. The Balaban J connectivity index is 0.000000384. The molecule has 3 aromatic rings.